The fourth-order valence-electron chi connectivity index (χ4n) is 1.10. The Balaban J connectivity index is 2.47. The second-order valence-electron chi connectivity index (χ2n) is 3.38. The second-order valence-corrected chi connectivity index (χ2v) is 3.38. The van der Waals surface area contributed by atoms with E-state index in [1.54, 1.807) is 0 Å². The van der Waals surface area contributed by atoms with Gasteiger partial charge in [0.15, 0.2) is 0 Å². The Kier molecular flexibility index (Phi) is 4.51. The number of hydrogen-bond acceptors (Lipinski definition) is 4. The molecule has 0 amide bonds. The van der Waals surface area contributed by atoms with Gasteiger partial charge in [0.25, 0.3) is 0 Å². The van der Waals surface area contributed by atoms with Gasteiger partial charge in [-0.2, -0.15) is 0 Å². The maximum Gasteiger partial charge on any atom is 0.302 e. The van der Waals surface area contributed by atoms with Gasteiger partial charge in [0, 0.05) is 13.8 Å². The molecule has 16 heavy (non-hydrogen) atoms. The molecule has 86 valence electrons. The molecule has 0 unspecified atom stereocenters. The van der Waals surface area contributed by atoms with Gasteiger partial charge < -0.3 is 9.47 Å². The van der Waals surface area contributed by atoms with Crippen molar-refractivity contribution < 1.29 is 19.1 Å². The van der Waals surface area contributed by atoms with Gasteiger partial charge in [-0.25, -0.2) is 0 Å². The van der Waals surface area contributed by atoms with Crippen LogP contribution in [-0.2, 0) is 32.3 Å². The van der Waals surface area contributed by atoms with E-state index in [1.807, 2.05) is 24.3 Å². The first-order chi connectivity index (χ1) is 7.58. The summed E-state index contributed by atoms with van der Waals surface area (Å²) in [6, 6.07) is 7.34. The predicted molar refractivity (Wildman–Crippen MR) is 57.4 cm³/mol. The van der Waals surface area contributed by atoms with E-state index in [1.165, 1.54) is 13.8 Å². The highest BCUT2D eigenvalue weighted by Crippen LogP contribution is 2.07. The first kappa shape index (κ1) is 12.2. The van der Waals surface area contributed by atoms with Crippen LogP contribution in [0.25, 0.3) is 0 Å². The van der Waals surface area contributed by atoms with Gasteiger partial charge in [-0.15, -0.1) is 0 Å². The molecule has 4 nitrogen and oxygen atoms in total. The van der Waals surface area contributed by atoms with Crippen LogP contribution >= 0.6 is 0 Å². The second kappa shape index (κ2) is 5.90. The molecule has 0 spiro atoms. The third kappa shape index (κ3) is 4.59. The van der Waals surface area contributed by atoms with E-state index < -0.39 is 0 Å². The Morgan fingerprint density at radius 3 is 1.44 bits per heavy atom. The van der Waals surface area contributed by atoms with Gasteiger partial charge in [0.05, 0.1) is 0 Å². The molecule has 0 heterocycles. The zero-order valence-electron chi connectivity index (χ0n) is 9.36. The molecular formula is C12H14O4. The average Bonchev–Trinajstić information content (AvgIpc) is 2.25. The first-order valence-electron chi connectivity index (χ1n) is 4.92. The van der Waals surface area contributed by atoms with E-state index in [9.17, 15) is 9.59 Å². The zero-order chi connectivity index (χ0) is 12.0. The van der Waals surface area contributed by atoms with Gasteiger partial charge in [-0.1, -0.05) is 24.3 Å². The van der Waals surface area contributed by atoms with Crippen LogP contribution in [-0.4, -0.2) is 11.9 Å². The monoisotopic (exact) mass is 222 g/mol. The third-order valence-corrected chi connectivity index (χ3v) is 1.91. The van der Waals surface area contributed by atoms with Crippen LogP contribution in [0, 0.1) is 0 Å². The number of carbonyl (C=O) groups excluding carboxylic acids is 2. The number of hydrogen-bond donors (Lipinski definition) is 0. The quantitative estimate of drug-likeness (QED) is 0.729. The van der Waals surface area contributed by atoms with Crippen molar-refractivity contribution in [3.05, 3.63) is 35.4 Å². The van der Waals surface area contributed by atoms with Gasteiger partial charge in [-0.3, -0.25) is 9.59 Å². The first-order valence-corrected chi connectivity index (χ1v) is 4.92. The molecule has 0 saturated carbocycles. The Labute approximate surface area is 94.2 Å². The highest BCUT2D eigenvalue weighted by Gasteiger charge is 1.99. The summed E-state index contributed by atoms with van der Waals surface area (Å²) in [5.41, 5.74) is 1.81. The summed E-state index contributed by atoms with van der Waals surface area (Å²) in [5.74, 6) is -0.604. The van der Waals surface area contributed by atoms with Crippen molar-refractivity contribution in [1.29, 1.82) is 0 Å². The molecule has 0 aliphatic carbocycles. The fourth-order valence-corrected chi connectivity index (χ4v) is 1.10. The standard InChI is InChI=1S/C12H14O4/c1-9(13)15-7-11-3-5-12(6-4-11)8-16-10(2)14/h3-6H,7-8H2,1-2H3. The van der Waals surface area contributed by atoms with Crippen molar-refractivity contribution in [3.63, 3.8) is 0 Å². The molecule has 0 atom stereocenters. The van der Waals surface area contributed by atoms with Gasteiger partial charge in [-0.05, 0) is 11.1 Å². The van der Waals surface area contributed by atoms with E-state index in [4.69, 9.17) is 9.47 Å². The summed E-state index contributed by atoms with van der Waals surface area (Å²) < 4.78 is 9.68. The molecule has 0 aliphatic rings. The fraction of sp³-hybridized carbons (Fsp3) is 0.333. The maximum atomic E-state index is 10.6. The lowest BCUT2D eigenvalue weighted by molar-refractivity contribution is -0.143. The molecule has 0 radical (unpaired) electrons. The summed E-state index contributed by atoms with van der Waals surface area (Å²) in [7, 11) is 0. The van der Waals surface area contributed by atoms with E-state index >= 15 is 0 Å². The van der Waals surface area contributed by atoms with Crippen LogP contribution in [0.15, 0.2) is 24.3 Å². The SMILES string of the molecule is CC(=O)OCc1ccc(COC(C)=O)cc1. The number of rotatable bonds is 4. The summed E-state index contributed by atoms with van der Waals surface area (Å²) in [4.78, 5) is 21.2. The molecule has 1 rings (SSSR count). The maximum absolute atomic E-state index is 10.6. The number of carbonyl (C=O) groups is 2. The van der Waals surface area contributed by atoms with Gasteiger partial charge in [0.2, 0.25) is 0 Å². The van der Waals surface area contributed by atoms with E-state index in [0.29, 0.717) is 0 Å². The number of benzene rings is 1. The van der Waals surface area contributed by atoms with Crippen LogP contribution in [0.2, 0.25) is 0 Å². The van der Waals surface area contributed by atoms with E-state index in [0.717, 1.165) is 11.1 Å². The smallest absolute Gasteiger partial charge is 0.302 e. The Hall–Kier alpha value is -1.84. The molecule has 0 N–H and O–H groups in total. The minimum Gasteiger partial charge on any atom is -0.461 e. The number of esters is 2. The molecular weight excluding hydrogens is 208 g/mol. The molecule has 0 aromatic heterocycles. The van der Waals surface area contributed by atoms with Gasteiger partial charge in [0.1, 0.15) is 13.2 Å². The normalized spacial score (nSPS) is 9.62. The summed E-state index contributed by atoms with van der Waals surface area (Å²) in [6.45, 7) is 3.27. The molecule has 0 fully saturated rings. The van der Waals surface area contributed by atoms with Crippen molar-refractivity contribution in [3.8, 4) is 0 Å². The molecule has 4 heteroatoms. The minimum atomic E-state index is -0.302. The van der Waals surface area contributed by atoms with Crippen LogP contribution in [0.4, 0.5) is 0 Å². The number of ether oxygens (including phenoxy) is 2. The molecule has 1 aromatic rings. The largest absolute Gasteiger partial charge is 0.461 e. The zero-order valence-corrected chi connectivity index (χ0v) is 9.36. The Morgan fingerprint density at radius 1 is 0.875 bits per heavy atom. The van der Waals surface area contributed by atoms with Crippen molar-refractivity contribution in [2.75, 3.05) is 0 Å². The third-order valence-electron chi connectivity index (χ3n) is 1.91. The highest BCUT2D eigenvalue weighted by molar-refractivity contribution is 5.66. The van der Waals surface area contributed by atoms with Crippen molar-refractivity contribution in [2.24, 2.45) is 0 Å². The van der Waals surface area contributed by atoms with Crippen LogP contribution in [0.5, 0.6) is 0 Å². The van der Waals surface area contributed by atoms with Crippen molar-refractivity contribution in [2.45, 2.75) is 27.1 Å². The summed E-state index contributed by atoms with van der Waals surface area (Å²) >= 11 is 0. The lowest BCUT2D eigenvalue weighted by Crippen LogP contribution is -2.00. The van der Waals surface area contributed by atoms with Crippen molar-refractivity contribution >= 4 is 11.9 Å². The van der Waals surface area contributed by atoms with E-state index in [-0.39, 0.29) is 25.2 Å². The lowest BCUT2D eigenvalue weighted by Gasteiger charge is -2.04. The topological polar surface area (TPSA) is 52.6 Å². The molecule has 0 saturated heterocycles. The van der Waals surface area contributed by atoms with Crippen LogP contribution in [0.1, 0.15) is 25.0 Å². The van der Waals surface area contributed by atoms with Crippen LogP contribution < -0.4 is 0 Å². The van der Waals surface area contributed by atoms with E-state index in [2.05, 4.69) is 0 Å². The Morgan fingerprint density at radius 2 is 1.19 bits per heavy atom. The van der Waals surface area contributed by atoms with Crippen molar-refractivity contribution in [1.82, 2.24) is 0 Å². The Bertz CT molecular complexity index is 330. The van der Waals surface area contributed by atoms with Crippen LogP contribution in [0.3, 0.4) is 0 Å². The highest BCUT2D eigenvalue weighted by atomic mass is 16.5. The molecule has 0 aliphatic heterocycles. The molecule has 0 bridgehead atoms. The lowest BCUT2D eigenvalue weighted by atomic mass is 10.1. The average molecular weight is 222 g/mol. The summed E-state index contributed by atoms with van der Waals surface area (Å²) in [5, 5.41) is 0. The predicted octanol–water partition coefficient (Wildman–Crippen LogP) is 1.81. The minimum absolute atomic E-state index is 0.267. The van der Waals surface area contributed by atoms with Gasteiger partial charge >= 0.3 is 11.9 Å². The summed E-state index contributed by atoms with van der Waals surface area (Å²) in [6.07, 6.45) is 0. The molecule has 1 aromatic carbocycles.